The van der Waals surface area contributed by atoms with E-state index in [1.54, 1.807) is 18.2 Å². The van der Waals surface area contributed by atoms with Crippen molar-refractivity contribution in [2.45, 2.75) is 62.8 Å². The summed E-state index contributed by atoms with van der Waals surface area (Å²) in [4.78, 5) is 29.2. The first-order chi connectivity index (χ1) is 18.1. The number of nitrogens with zero attached hydrogens (tertiary/aromatic N) is 1. The largest absolute Gasteiger partial charge is 0.378 e. The summed E-state index contributed by atoms with van der Waals surface area (Å²) >= 11 is 0. The van der Waals surface area contributed by atoms with E-state index in [1.807, 2.05) is 47.4 Å². The van der Waals surface area contributed by atoms with E-state index in [9.17, 15) is 14.0 Å². The summed E-state index contributed by atoms with van der Waals surface area (Å²) in [6.45, 7) is 0.659. The molecule has 0 spiro atoms. The number of benzene rings is 2. The number of allylic oxidation sites excluding steroid dienone is 2. The van der Waals surface area contributed by atoms with Crippen molar-refractivity contribution >= 4 is 11.8 Å². The second kappa shape index (κ2) is 10.2. The van der Waals surface area contributed by atoms with Crippen molar-refractivity contribution in [2.75, 3.05) is 6.54 Å². The Morgan fingerprint density at radius 2 is 1.68 bits per heavy atom. The molecule has 2 aliphatic heterocycles. The number of carbonyl (C=O) groups is 2. The number of hydrogen-bond donors (Lipinski definition) is 2. The van der Waals surface area contributed by atoms with Gasteiger partial charge in [-0.15, -0.1) is 0 Å². The molecule has 6 atom stereocenters. The zero-order chi connectivity index (χ0) is 25.4. The number of amides is 2. The Morgan fingerprint density at radius 3 is 2.46 bits per heavy atom. The molecule has 0 bridgehead atoms. The fraction of sp³-hybridized carbons (Fsp3) is 0.419. The van der Waals surface area contributed by atoms with Crippen LogP contribution in [0.5, 0.6) is 0 Å². The van der Waals surface area contributed by atoms with E-state index in [0.717, 1.165) is 43.4 Å². The number of nitrogens with one attached hydrogen (secondary N) is 2. The van der Waals surface area contributed by atoms with E-state index in [-0.39, 0.29) is 41.8 Å². The lowest BCUT2D eigenvalue weighted by Gasteiger charge is -2.44. The van der Waals surface area contributed by atoms with Gasteiger partial charge in [0, 0.05) is 36.2 Å². The molecule has 0 aromatic heterocycles. The first-order valence-electron chi connectivity index (χ1n) is 13.6. The molecule has 2 heterocycles. The highest BCUT2D eigenvalue weighted by Gasteiger charge is 2.49. The SMILES string of the molecule is O=C(N[C@@H]1CCCC[C@@H]1C(=O)N1CC[C@@H]2[C@H](c3ccccc3)NC3=C(CC(F)C=C3)[C@@H]21)c1ccccc1. The molecule has 4 aliphatic rings. The summed E-state index contributed by atoms with van der Waals surface area (Å²) in [7, 11) is 0. The van der Waals surface area contributed by atoms with Crippen LogP contribution in [0.1, 0.15) is 60.5 Å². The van der Waals surface area contributed by atoms with Crippen molar-refractivity contribution in [2.24, 2.45) is 11.8 Å². The average molecular weight is 500 g/mol. The molecule has 2 amide bonds. The zero-order valence-electron chi connectivity index (χ0n) is 21.0. The van der Waals surface area contributed by atoms with Crippen molar-refractivity contribution in [3.05, 3.63) is 95.2 Å². The van der Waals surface area contributed by atoms with Gasteiger partial charge in [0.15, 0.2) is 0 Å². The highest BCUT2D eigenvalue weighted by Crippen LogP contribution is 2.46. The molecule has 2 N–H and O–H groups in total. The summed E-state index contributed by atoms with van der Waals surface area (Å²) < 4.78 is 14.6. The van der Waals surface area contributed by atoms with Crippen molar-refractivity contribution in [1.29, 1.82) is 0 Å². The molecule has 1 unspecified atom stereocenters. The Morgan fingerprint density at radius 1 is 0.946 bits per heavy atom. The van der Waals surface area contributed by atoms with Gasteiger partial charge in [-0.2, -0.15) is 0 Å². The fourth-order valence-electron chi connectivity index (χ4n) is 6.89. The molecular weight excluding hydrogens is 465 g/mol. The predicted octanol–water partition coefficient (Wildman–Crippen LogP) is 5.09. The lowest BCUT2D eigenvalue weighted by atomic mass is 9.76. The smallest absolute Gasteiger partial charge is 0.251 e. The van der Waals surface area contributed by atoms with Gasteiger partial charge in [-0.25, -0.2) is 4.39 Å². The number of fused-ring (bicyclic) bond motifs is 2. The fourth-order valence-corrected chi connectivity index (χ4v) is 6.89. The van der Waals surface area contributed by atoms with Crippen molar-refractivity contribution in [1.82, 2.24) is 15.5 Å². The Kier molecular flexibility index (Phi) is 6.58. The molecular formula is C31H34FN3O2. The van der Waals surface area contributed by atoms with Crippen molar-refractivity contribution in [3.8, 4) is 0 Å². The zero-order valence-corrected chi connectivity index (χ0v) is 21.0. The second-order valence-electron chi connectivity index (χ2n) is 10.8. The number of hydrogen-bond acceptors (Lipinski definition) is 3. The highest BCUT2D eigenvalue weighted by molar-refractivity contribution is 5.94. The first-order valence-corrected chi connectivity index (χ1v) is 13.6. The van der Waals surface area contributed by atoms with E-state index in [1.165, 1.54) is 5.56 Å². The number of rotatable bonds is 4. The summed E-state index contributed by atoms with van der Waals surface area (Å²) in [5.74, 6) is -0.0892. The Bertz CT molecular complexity index is 1210. The minimum absolute atomic E-state index is 0.0727. The molecule has 5 nitrogen and oxygen atoms in total. The van der Waals surface area contributed by atoms with Gasteiger partial charge in [0.2, 0.25) is 5.91 Å². The lowest BCUT2D eigenvalue weighted by molar-refractivity contribution is -0.138. The van der Waals surface area contributed by atoms with Gasteiger partial charge in [-0.3, -0.25) is 9.59 Å². The molecule has 6 heteroatoms. The van der Waals surface area contributed by atoms with Crippen LogP contribution < -0.4 is 10.6 Å². The van der Waals surface area contributed by atoms with Crippen LogP contribution in [0.15, 0.2) is 84.1 Å². The quantitative estimate of drug-likeness (QED) is 0.616. The van der Waals surface area contributed by atoms with Crippen LogP contribution in [0.25, 0.3) is 0 Å². The number of halogens is 1. The Balaban J connectivity index is 1.28. The molecule has 2 aromatic carbocycles. The maximum Gasteiger partial charge on any atom is 0.251 e. The Hall–Kier alpha value is -3.41. The molecule has 6 rings (SSSR count). The van der Waals surface area contributed by atoms with E-state index < -0.39 is 6.17 Å². The first kappa shape index (κ1) is 24.0. The van der Waals surface area contributed by atoms with Crippen LogP contribution in [0.4, 0.5) is 4.39 Å². The van der Waals surface area contributed by atoms with Crippen LogP contribution in [0, 0.1) is 11.8 Å². The van der Waals surface area contributed by atoms with E-state index in [4.69, 9.17) is 0 Å². The van der Waals surface area contributed by atoms with Crippen LogP contribution in [0.3, 0.4) is 0 Å². The van der Waals surface area contributed by atoms with Gasteiger partial charge in [-0.05, 0) is 54.7 Å². The maximum absolute atomic E-state index is 14.6. The van der Waals surface area contributed by atoms with Gasteiger partial charge >= 0.3 is 0 Å². The minimum Gasteiger partial charge on any atom is -0.378 e. The third-order valence-electron chi connectivity index (χ3n) is 8.65. The van der Waals surface area contributed by atoms with Gasteiger partial charge in [0.05, 0.1) is 18.0 Å². The molecule has 2 aliphatic carbocycles. The maximum atomic E-state index is 14.6. The predicted molar refractivity (Wildman–Crippen MR) is 141 cm³/mol. The van der Waals surface area contributed by atoms with Crippen LogP contribution in [-0.4, -0.2) is 41.5 Å². The van der Waals surface area contributed by atoms with Crippen LogP contribution >= 0.6 is 0 Å². The molecule has 1 saturated heterocycles. The summed E-state index contributed by atoms with van der Waals surface area (Å²) in [5.41, 5.74) is 3.78. The van der Waals surface area contributed by atoms with Crippen molar-refractivity contribution < 1.29 is 14.0 Å². The summed E-state index contributed by atoms with van der Waals surface area (Å²) in [6.07, 6.45) is 7.19. The number of carbonyl (C=O) groups excluding carboxylic acids is 2. The number of likely N-dealkylation sites (tertiary alicyclic amines) is 1. The normalized spacial score (nSPS) is 30.8. The lowest BCUT2D eigenvalue weighted by Crippen LogP contribution is -2.53. The molecule has 2 fully saturated rings. The number of alkyl halides is 1. The molecule has 2 aromatic rings. The third kappa shape index (κ3) is 4.58. The highest BCUT2D eigenvalue weighted by atomic mass is 19.1. The molecule has 37 heavy (non-hydrogen) atoms. The van der Waals surface area contributed by atoms with Gasteiger partial charge in [0.25, 0.3) is 5.91 Å². The average Bonchev–Trinajstić information content (AvgIpc) is 3.39. The minimum atomic E-state index is -1.03. The second-order valence-corrected chi connectivity index (χ2v) is 10.8. The third-order valence-corrected chi connectivity index (χ3v) is 8.65. The molecule has 0 radical (unpaired) electrons. The standard InChI is InChI=1S/C31H34FN3O2/c32-22-15-16-27-25(19-22)29-24(28(33-27)20-9-3-1-4-10-20)17-18-35(29)31(37)23-13-7-8-14-26(23)34-30(36)21-11-5-2-6-12-21/h1-6,9-12,15-16,22-24,26,28-29,33H,7-8,13-14,17-19H2,(H,34,36)/t22?,23-,24+,26+,28-,29+/m0/s1. The van der Waals surface area contributed by atoms with Crippen molar-refractivity contribution in [3.63, 3.8) is 0 Å². The van der Waals surface area contributed by atoms with Gasteiger partial charge < -0.3 is 15.5 Å². The summed E-state index contributed by atoms with van der Waals surface area (Å²) in [5, 5.41) is 6.86. The summed E-state index contributed by atoms with van der Waals surface area (Å²) in [6, 6.07) is 19.3. The topological polar surface area (TPSA) is 61.4 Å². The van der Waals surface area contributed by atoms with Gasteiger partial charge in [-0.1, -0.05) is 61.4 Å². The molecule has 1 saturated carbocycles. The monoisotopic (exact) mass is 499 g/mol. The van der Waals surface area contributed by atoms with E-state index in [0.29, 0.717) is 18.5 Å². The van der Waals surface area contributed by atoms with Crippen LogP contribution in [0.2, 0.25) is 0 Å². The molecule has 192 valence electrons. The van der Waals surface area contributed by atoms with E-state index in [2.05, 4.69) is 22.8 Å². The van der Waals surface area contributed by atoms with Gasteiger partial charge in [0.1, 0.15) is 6.17 Å². The van der Waals surface area contributed by atoms with E-state index >= 15 is 0 Å². The Labute approximate surface area is 217 Å². The van der Waals surface area contributed by atoms with Crippen LogP contribution in [-0.2, 0) is 4.79 Å².